The summed E-state index contributed by atoms with van der Waals surface area (Å²) in [5, 5.41) is 22.6. The number of aliphatic hydroxyl groups excluding tert-OH is 1. The smallest absolute Gasteiger partial charge is 0.110 e. The van der Waals surface area contributed by atoms with Gasteiger partial charge in [-0.2, -0.15) is 0 Å². The van der Waals surface area contributed by atoms with Gasteiger partial charge in [0, 0.05) is 5.39 Å². The molecule has 0 aliphatic carbocycles. The molecule has 0 saturated heterocycles. The molecular weight excluding hydrogens is 156 g/mol. The van der Waals surface area contributed by atoms with Crippen molar-refractivity contribution >= 4 is 10.9 Å². The van der Waals surface area contributed by atoms with E-state index in [1.807, 2.05) is 6.07 Å². The Morgan fingerprint density at radius 3 is 2.83 bits per heavy atom. The molecular formula is C8H8N2O2. The zero-order valence-corrected chi connectivity index (χ0v) is 6.31. The van der Waals surface area contributed by atoms with Crippen LogP contribution in [0, 0.1) is 0 Å². The first-order valence-electron chi connectivity index (χ1n) is 3.59. The molecule has 2 N–H and O–H groups in total. The first kappa shape index (κ1) is 7.12. The van der Waals surface area contributed by atoms with E-state index < -0.39 is 0 Å². The highest BCUT2D eigenvalue weighted by Gasteiger charge is 2.06. The summed E-state index contributed by atoms with van der Waals surface area (Å²) in [4.78, 5) is 0.779. The van der Waals surface area contributed by atoms with E-state index in [1.165, 1.54) is 0 Å². The molecule has 2 rings (SSSR count). The maximum absolute atomic E-state index is 9.22. The van der Waals surface area contributed by atoms with Crippen LogP contribution in [-0.4, -0.2) is 20.3 Å². The van der Waals surface area contributed by atoms with E-state index in [-0.39, 0.29) is 6.61 Å². The molecule has 4 nitrogen and oxygen atoms in total. The first-order valence-corrected chi connectivity index (χ1v) is 3.59. The monoisotopic (exact) mass is 164 g/mol. The number of para-hydroxylation sites is 1. The molecule has 1 aromatic carbocycles. The third-order valence-corrected chi connectivity index (χ3v) is 1.80. The molecule has 0 amide bonds. The molecule has 2 aromatic rings. The molecule has 0 atom stereocenters. The van der Waals surface area contributed by atoms with E-state index in [0.717, 1.165) is 10.2 Å². The Hall–Kier alpha value is -1.55. The highest BCUT2D eigenvalue weighted by Crippen LogP contribution is 2.16. The molecule has 4 heteroatoms. The van der Waals surface area contributed by atoms with Gasteiger partial charge in [-0.3, -0.25) is 0 Å². The van der Waals surface area contributed by atoms with Crippen molar-refractivity contribution in [2.24, 2.45) is 0 Å². The lowest BCUT2D eigenvalue weighted by Gasteiger charge is -1.89. The minimum atomic E-state index is -0.159. The van der Waals surface area contributed by atoms with Crippen molar-refractivity contribution in [1.82, 2.24) is 9.94 Å². The van der Waals surface area contributed by atoms with Gasteiger partial charge in [-0.25, -0.2) is 0 Å². The van der Waals surface area contributed by atoms with E-state index in [4.69, 9.17) is 5.11 Å². The predicted molar refractivity (Wildman–Crippen MR) is 42.8 cm³/mol. The second-order valence-corrected chi connectivity index (χ2v) is 2.51. The van der Waals surface area contributed by atoms with Gasteiger partial charge in [-0.05, 0) is 6.07 Å². The summed E-state index contributed by atoms with van der Waals surface area (Å²) >= 11 is 0. The standard InChI is InChI=1S/C8H8N2O2/c11-5-7-6-3-1-2-4-8(6)10(12)9-7/h1-4,11-12H,5H2. The van der Waals surface area contributed by atoms with E-state index in [1.54, 1.807) is 18.2 Å². The normalized spacial score (nSPS) is 10.8. The van der Waals surface area contributed by atoms with Crippen LogP contribution in [0.2, 0.25) is 0 Å². The highest BCUT2D eigenvalue weighted by atomic mass is 16.5. The minimum Gasteiger partial charge on any atom is -0.411 e. The average Bonchev–Trinajstić information content (AvgIpc) is 2.44. The molecule has 0 unspecified atom stereocenters. The lowest BCUT2D eigenvalue weighted by Crippen LogP contribution is -1.92. The number of hydrogen-bond donors (Lipinski definition) is 2. The molecule has 0 saturated carbocycles. The molecule has 1 aromatic heterocycles. The number of aliphatic hydroxyl groups is 1. The van der Waals surface area contributed by atoms with Crippen LogP contribution in [-0.2, 0) is 6.61 Å². The van der Waals surface area contributed by atoms with Crippen LogP contribution in [0.5, 0.6) is 0 Å². The fourth-order valence-corrected chi connectivity index (χ4v) is 1.23. The zero-order valence-electron chi connectivity index (χ0n) is 6.31. The van der Waals surface area contributed by atoms with Crippen LogP contribution in [0.1, 0.15) is 5.69 Å². The number of benzene rings is 1. The van der Waals surface area contributed by atoms with Gasteiger partial charge in [0.05, 0.1) is 12.3 Å². The molecule has 0 fully saturated rings. The van der Waals surface area contributed by atoms with Gasteiger partial charge >= 0.3 is 0 Å². The molecule has 1 heterocycles. The van der Waals surface area contributed by atoms with Crippen molar-refractivity contribution in [3.05, 3.63) is 30.0 Å². The van der Waals surface area contributed by atoms with E-state index in [9.17, 15) is 5.21 Å². The topological polar surface area (TPSA) is 58.3 Å². The lowest BCUT2D eigenvalue weighted by molar-refractivity contribution is 0.155. The fourth-order valence-electron chi connectivity index (χ4n) is 1.23. The third-order valence-electron chi connectivity index (χ3n) is 1.80. The summed E-state index contributed by atoms with van der Waals surface area (Å²) < 4.78 is 0. The summed E-state index contributed by atoms with van der Waals surface area (Å²) in [6.07, 6.45) is 0. The zero-order chi connectivity index (χ0) is 8.55. The Bertz CT molecular complexity index is 408. The second kappa shape index (κ2) is 2.49. The molecule has 12 heavy (non-hydrogen) atoms. The van der Waals surface area contributed by atoms with Crippen molar-refractivity contribution in [2.45, 2.75) is 6.61 Å². The Kier molecular flexibility index (Phi) is 1.48. The van der Waals surface area contributed by atoms with Crippen LogP contribution in [0.25, 0.3) is 10.9 Å². The van der Waals surface area contributed by atoms with Crippen molar-refractivity contribution in [1.29, 1.82) is 0 Å². The van der Waals surface area contributed by atoms with Crippen LogP contribution < -0.4 is 0 Å². The maximum Gasteiger partial charge on any atom is 0.110 e. The van der Waals surface area contributed by atoms with Gasteiger partial charge in [-0.15, -0.1) is 9.94 Å². The van der Waals surface area contributed by atoms with Gasteiger partial charge in [0.15, 0.2) is 0 Å². The second-order valence-electron chi connectivity index (χ2n) is 2.51. The van der Waals surface area contributed by atoms with Crippen molar-refractivity contribution < 1.29 is 10.3 Å². The third kappa shape index (κ3) is 0.853. The molecule has 0 aliphatic rings. The van der Waals surface area contributed by atoms with Crippen molar-refractivity contribution in [3.63, 3.8) is 0 Å². The van der Waals surface area contributed by atoms with Gasteiger partial charge < -0.3 is 10.3 Å². The quantitative estimate of drug-likeness (QED) is 0.612. The molecule has 0 aliphatic heterocycles. The summed E-state index contributed by atoms with van der Waals surface area (Å²) in [6, 6.07) is 7.18. The van der Waals surface area contributed by atoms with Crippen LogP contribution in [0.15, 0.2) is 24.3 Å². The highest BCUT2D eigenvalue weighted by molar-refractivity contribution is 5.81. The van der Waals surface area contributed by atoms with Gasteiger partial charge in [-0.1, -0.05) is 18.2 Å². The summed E-state index contributed by atoms with van der Waals surface area (Å²) in [6.45, 7) is -0.159. The lowest BCUT2D eigenvalue weighted by atomic mass is 10.2. The number of fused-ring (bicyclic) bond motifs is 1. The average molecular weight is 164 g/mol. The van der Waals surface area contributed by atoms with Crippen LogP contribution >= 0.6 is 0 Å². The maximum atomic E-state index is 9.22. The van der Waals surface area contributed by atoms with Crippen molar-refractivity contribution in [2.75, 3.05) is 0 Å². The van der Waals surface area contributed by atoms with Crippen LogP contribution in [0.3, 0.4) is 0 Å². The summed E-state index contributed by atoms with van der Waals surface area (Å²) in [5.41, 5.74) is 1.11. The molecule has 0 radical (unpaired) electrons. The van der Waals surface area contributed by atoms with Crippen molar-refractivity contribution in [3.8, 4) is 0 Å². The van der Waals surface area contributed by atoms with E-state index in [2.05, 4.69) is 5.10 Å². The van der Waals surface area contributed by atoms with Gasteiger partial charge in [0.25, 0.3) is 0 Å². The first-order chi connectivity index (χ1) is 5.83. The van der Waals surface area contributed by atoms with Crippen LogP contribution in [0.4, 0.5) is 0 Å². The van der Waals surface area contributed by atoms with Gasteiger partial charge in [0.2, 0.25) is 0 Å². The Labute approximate surface area is 68.6 Å². The number of rotatable bonds is 1. The fraction of sp³-hybridized carbons (Fsp3) is 0.125. The molecule has 0 bridgehead atoms. The molecule has 62 valence electrons. The Morgan fingerprint density at radius 1 is 1.33 bits per heavy atom. The van der Waals surface area contributed by atoms with E-state index in [0.29, 0.717) is 11.2 Å². The molecule has 0 spiro atoms. The largest absolute Gasteiger partial charge is 0.411 e. The SMILES string of the molecule is OCc1nn(O)c2ccccc12. The number of aromatic nitrogens is 2. The number of hydrogen-bond acceptors (Lipinski definition) is 3. The summed E-state index contributed by atoms with van der Waals surface area (Å²) in [7, 11) is 0. The summed E-state index contributed by atoms with van der Waals surface area (Å²) in [5.74, 6) is 0. The van der Waals surface area contributed by atoms with E-state index >= 15 is 0 Å². The minimum absolute atomic E-state index is 0.159. The number of nitrogens with zero attached hydrogens (tertiary/aromatic N) is 2. The Morgan fingerprint density at radius 2 is 2.08 bits per heavy atom. The van der Waals surface area contributed by atoms with Gasteiger partial charge in [0.1, 0.15) is 5.52 Å². The Balaban J connectivity index is 2.82. The predicted octanol–water partition coefficient (Wildman–Crippen LogP) is 0.766.